The molecule has 0 bridgehead atoms. The summed E-state index contributed by atoms with van der Waals surface area (Å²) in [5.74, 6) is 0.298. The van der Waals surface area contributed by atoms with Gasteiger partial charge in [-0.2, -0.15) is 11.8 Å². The molecule has 0 saturated carbocycles. The van der Waals surface area contributed by atoms with Crippen molar-refractivity contribution >= 4 is 11.8 Å². The van der Waals surface area contributed by atoms with Crippen molar-refractivity contribution in [2.75, 3.05) is 12.0 Å². The molecular formula is C12H18FNOS. The van der Waals surface area contributed by atoms with Crippen LogP contribution in [0.4, 0.5) is 4.39 Å². The SMILES string of the molecule is CSCCC(C)NCc1cccc(F)c1O. The monoisotopic (exact) mass is 243 g/mol. The van der Waals surface area contributed by atoms with Gasteiger partial charge in [0.25, 0.3) is 0 Å². The second kappa shape index (κ2) is 6.76. The van der Waals surface area contributed by atoms with E-state index in [1.165, 1.54) is 6.07 Å². The van der Waals surface area contributed by atoms with Crippen LogP contribution >= 0.6 is 11.8 Å². The molecule has 1 aromatic carbocycles. The summed E-state index contributed by atoms with van der Waals surface area (Å²) in [7, 11) is 0. The van der Waals surface area contributed by atoms with Crippen LogP contribution in [0.2, 0.25) is 0 Å². The fraction of sp³-hybridized carbons (Fsp3) is 0.500. The highest BCUT2D eigenvalue weighted by atomic mass is 32.2. The molecule has 0 amide bonds. The Labute approximate surface area is 100 Å². The maximum Gasteiger partial charge on any atom is 0.165 e. The number of aromatic hydroxyl groups is 1. The third kappa shape index (κ3) is 4.02. The lowest BCUT2D eigenvalue weighted by Crippen LogP contribution is -2.26. The number of hydrogen-bond acceptors (Lipinski definition) is 3. The Hall–Kier alpha value is -0.740. The van der Waals surface area contributed by atoms with Gasteiger partial charge in [-0.05, 0) is 31.4 Å². The normalized spacial score (nSPS) is 12.7. The minimum atomic E-state index is -0.559. The summed E-state index contributed by atoms with van der Waals surface area (Å²) < 4.78 is 13.0. The van der Waals surface area contributed by atoms with E-state index in [1.54, 1.807) is 12.1 Å². The van der Waals surface area contributed by atoms with E-state index < -0.39 is 5.82 Å². The molecule has 0 aromatic heterocycles. The van der Waals surface area contributed by atoms with E-state index in [-0.39, 0.29) is 5.75 Å². The van der Waals surface area contributed by atoms with E-state index in [4.69, 9.17) is 0 Å². The van der Waals surface area contributed by atoms with Crippen molar-refractivity contribution in [3.05, 3.63) is 29.6 Å². The van der Waals surface area contributed by atoms with Crippen molar-refractivity contribution in [1.29, 1.82) is 0 Å². The van der Waals surface area contributed by atoms with Gasteiger partial charge in [-0.1, -0.05) is 12.1 Å². The molecule has 16 heavy (non-hydrogen) atoms. The molecule has 0 aliphatic heterocycles. The molecule has 4 heteroatoms. The molecule has 0 saturated heterocycles. The highest BCUT2D eigenvalue weighted by Crippen LogP contribution is 2.20. The Morgan fingerprint density at radius 1 is 1.50 bits per heavy atom. The Balaban J connectivity index is 2.45. The predicted molar refractivity (Wildman–Crippen MR) is 67.4 cm³/mol. The first-order chi connectivity index (χ1) is 7.65. The topological polar surface area (TPSA) is 32.3 Å². The van der Waals surface area contributed by atoms with E-state index in [0.29, 0.717) is 18.2 Å². The quantitative estimate of drug-likeness (QED) is 0.806. The maximum atomic E-state index is 13.0. The number of hydrogen-bond donors (Lipinski definition) is 2. The molecule has 1 unspecified atom stereocenters. The van der Waals surface area contributed by atoms with Crippen LogP contribution in [0.15, 0.2) is 18.2 Å². The van der Waals surface area contributed by atoms with Crippen LogP contribution < -0.4 is 5.32 Å². The van der Waals surface area contributed by atoms with Gasteiger partial charge in [0.15, 0.2) is 11.6 Å². The summed E-state index contributed by atoms with van der Waals surface area (Å²) in [5.41, 5.74) is 0.607. The zero-order valence-electron chi connectivity index (χ0n) is 9.66. The van der Waals surface area contributed by atoms with Crippen molar-refractivity contribution in [2.24, 2.45) is 0 Å². The molecule has 0 heterocycles. The smallest absolute Gasteiger partial charge is 0.165 e. The minimum Gasteiger partial charge on any atom is -0.505 e. The van der Waals surface area contributed by atoms with Gasteiger partial charge >= 0.3 is 0 Å². The Morgan fingerprint density at radius 2 is 2.25 bits per heavy atom. The lowest BCUT2D eigenvalue weighted by Gasteiger charge is -2.13. The van der Waals surface area contributed by atoms with Crippen LogP contribution in [0.5, 0.6) is 5.75 Å². The molecular weight excluding hydrogens is 225 g/mol. The molecule has 0 aliphatic carbocycles. The minimum absolute atomic E-state index is 0.243. The van der Waals surface area contributed by atoms with E-state index in [1.807, 2.05) is 11.8 Å². The summed E-state index contributed by atoms with van der Waals surface area (Å²) in [6.45, 7) is 2.59. The summed E-state index contributed by atoms with van der Waals surface area (Å²) >= 11 is 1.81. The van der Waals surface area contributed by atoms with Crippen molar-refractivity contribution < 1.29 is 9.50 Å². The van der Waals surface area contributed by atoms with Crippen LogP contribution in [0.1, 0.15) is 18.9 Å². The van der Waals surface area contributed by atoms with Gasteiger partial charge in [0.2, 0.25) is 0 Å². The van der Waals surface area contributed by atoms with Crippen molar-refractivity contribution in [1.82, 2.24) is 5.32 Å². The number of thioether (sulfide) groups is 1. The van der Waals surface area contributed by atoms with Gasteiger partial charge in [0.05, 0.1) is 0 Å². The molecule has 1 atom stereocenters. The number of benzene rings is 1. The van der Waals surface area contributed by atoms with Gasteiger partial charge in [-0.25, -0.2) is 4.39 Å². The first kappa shape index (κ1) is 13.3. The number of rotatable bonds is 6. The Kier molecular flexibility index (Phi) is 5.63. The number of phenols is 1. The lowest BCUT2D eigenvalue weighted by molar-refractivity contribution is 0.419. The highest BCUT2D eigenvalue weighted by Gasteiger charge is 2.07. The van der Waals surface area contributed by atoms with E-state index in [9.17, 15) is 9.50 Å². The van der Waals surface area contributed by atoms with Gasteiger partial charge in [0.1, 0.15) is 0 Å². The van der Waals surface area contributed by atoms with Gasteiger partial charge in [-0.3, -0.25) is 0 Å². The summed E-state index contributed by atoms with van der Waals surface area (Å²) in [5, 5.41) is 12.7. The Bertz CT molecular complexity index is 333. The number of nitrogens with one attached hydrogen (secondary N) is 1. The van der Waals surface area contributed by atoms with Crippen molar-refractivity contribution in [3.63, 3.8) is 0 Å². The van der Waals surface area contributed by atoms with Gasteiger partial charge in [-0.15, -0.1) is 0 Å². The molecule has 1 rings (SSSR count). The number of phenolic OH excluding ortho intramolecular Hbond substituents is 1. The standard InChI is InChI=1S/C12H18FNOS/c1-9(6-7-16-2)14-8-10-4-3-5-11(13)12(10)15/h3-5,9,14-15H,6-8H2,1-2H3. The molecule has 2 N–H and O–H groups in total. The maximum absolute atomic E-state index is 13.0. The van der Waals surface area contributed by atoms with Crippen LogP contribution in [0, 0.1) is 5.82 Å². The van der Waals surface area contributed by atoms with Crippen molar-refractivity contribution in [2.45, 2.75) is 25.9 Å². The predicted octanol–water partition coefficient (Wildman–Crippen LogP) is 2.76. The fourth-order valence-electron chi connectivity index (χ4n) is 1.38. The number of halogens is 1. The molecule has 0 spiro atoms. The highest BCUT2D eigenvalue weighted by molar-refractivity contribution is 7.98. The lowest BCUT2D eigenvalue weighted by atomic mass is 10.1. The number of para-hydroxylation sites is 1. The fourth-order valence-corrected chi connectivity index (χ4v) is 1.97. The largest absolute Gasteiger partial charge is 0.505 e. The third-order valence-electron chi connectivity index (χ3n) is 2.47. The first-order valence-electron chi connectivity index (χ1n) is 5.33. The van der Waals surface area contributed by atoms with Crippen LogP contribution in [0.3, 0.4) is 0 Å². The van der Waals surface area contributed by atoms with Crippen molar-refractivity contribution in [3.8, 4) is 5.75 Å². The molecule has 2 nitrogen and oxygen atoms in total. The molecule has 90 valence electrons. The van der Waals surface area contributed by atoms with Crippen LogP contribution in [-0.2, 0) is 6.54 Å². The van der Waals surface area contributed by atoms with E-state index in [2.05, 4.69) is 18.5 Å². The van der Waals surface area contributed by atoms with E-state index in [0.717, 1.165) is 12.2 Å². The molecule has 0 radical (unpaired) electrons. The van der Waals surface area contributed by atoms with Crippen LogP contribution in [-0.4, -0.2) is 23.2 Å². The summed E-state index contributed by atoms with van der Waals surface area (Å²) in [6, 6.07) is 4.97. The Morgan fingerprint density at radius 3 is 2.94 bits per heavy atom. The first-order valence-corrected chi connectivity index (χ1v) is 6.73. The summed E-state index contributed by atoms with van der Waals surface area (Å²) in [4.78, 5) is 0. The van der Waals surface area contributed by atoms with Gasteiger partial charge < -0.3 is 10.4 Å². The van der Waals surface area contributed by atoms with Crippen LogP contribution in [0.25, 0.3) is 0 Å². The molecule has 0 fully saturated rings. The molecule has 1 aromatic rings. The third-order valence-corrected chi connectivity index (χ3v) is 3.11. The molecule has 0 aliphatic rings. The van der Waals surface area contributed by atoms with Gasteiger partial charge in [0, 0.05) is 18.2 Å². The zero-order valence-corrected chi connectivity index (χ0v) is 10.5. The average molecular weight is 243 g/mol. The summed E-state index contributed by atoms with van der Waals surface area (Å²) in [6.07, 6.45) is 3.14. The second-order valence-corrected chi connectivity index (χ2v) is 4.80. The average Bonchev–Trinajstić information content (AvgIpc) is 2.28. The second-order valence-electron chi connectivity index (χ2n) is 3.81. The van der Waals surface area contributed by atoms with E-state index >= 15 is 0 Å². The zero-order chi connectivity index (χ0) is 12.0.